The first-order chi connectivity index (χ1) is 9.06. The molecule has 1 heterocycles. The molecule has 0 bridgehead atoms. The molecule has 0 saturated carbocycles. The highest BCUT2D eigenvalue weighted by Gasteiger charge is 2.13. The molecular weight excluding hydrogens is 328 g/mol. The second-order valence-corrected chi connectivity index (χ2v) is 6.43. The van der Waals surface area contributed by atoms with Crippen molar-refractivity contribution in [2.75, 3.05) is 0 Å². The van der Waals surface area contributed by atoms with E-state index in [1.807, 2.05) is 0 Å². The van der Waals surface area contributed by atoms with Crippen LogP contribution in [0.4, 0.5) is 5.69 Å². The van der Waals surface area contributed by atoms with Crippen molar-refractivity contribution in [1.29, 1.82) is 0 Å². The van der Waals surface area contributed by atoms with Gasteiger partial charge < -0.3 is 5.32 Å². The van der Waals surface area contributed by atoms with Gasteiger partial charge in [0.1, 0.15) is 0 Å². The lowest BCUT2D eigenvalue weighted by atomic mass is 10.2. The molecular formula is C13H13BrN2O2S. The number of aryl methyl sites for hydroxylation is 1. The minimum absolute atomic E-state index is 0.151. The van der Waals surface area contributed by atoms with Crippen LogP contribution in [0.15, 0.2) is 34.8 Å². The Balaban J connectivity index is 2.02. The van der Waals surface area contributed by atoms with Crippen molar-refractivity contribution >= 4 is 33.0 Å². The fraction of sp³-hybridized carbons (Fsp3) is 0.231. The van der Waals surface area contributed by atoms with Gasteiger partial charge in [0, 0.05) is 38.9 Å². The molecule has 19 heavy (non-hydrogen) atoms. The van der Waals surface area contributed by atoms with Gasteiger partial charge in [0.15, 0.2) is 0 Å². The molecule has 0 atom stereocenters. The first-order valence-electron chi connectivity index (χ1n) is 5.75. The third-order valence-corrected chi connectivity index (χ3v) is 4.14. The highest BCUT2D eigenvalue weighted by Crippen LogP contribution is 2.23. The molecule has 0 aliphatic carbocycles. The van der Waals surface area contributed by atoms with Crippen LogP contribution in [0.1, 0.15) is 15.3 Å². The molecule has 1 aromatic heterocycles. The van der Waals surface area contributed by atoms with Crippen LogP contribution in [0.2, 0.25) is 0 Å². The van der Waals surface area contributed by atoms with E-state index in [1.165, 1.54) is 15.8 Å². The van der Waals surface area contributed by atoms with Gasteiger partial charge in [-0.1, -0.05) is 15.9 Å². The molecule has 0 aliphatic rings. The van der Waals surface area contributed by atoms with Crippen molar-refractivity contribution in [2.24, 2.45) is 0 Å². The van der Waals surface area contributed by atoms with Crippen LogP contribution in [-0.4, -0.2) is 4.92 Å². The third kappa shape index (κ3) is 3.86. The summed E-state index contributed by atoms with van der Waals surface area (Å²) in [5.74, 6) is 0. The van der Waals surface area contributed by atoms with Crippen LogP contribution >= 0.6 is 27.3 Å². The molecule has 2 rings (SSSR count). The highest BCUT2D eigenvalue weighted by molar-refractivity contribution is 9.10. The van der Waals surface area contributed by atoms with E-state index in [0.717, 1.165) is 11.0 Å². The van der Waals surface area contributed by atoms with Crippen LogP contribution in [0.3, 0.4) is 0 Å². The van der Waals surface area contributed by atoms with Gasteiger partial charge in [0.2, 0.25) is 0 Å². The molecule has 4 nitrogen and oxygen atoms in total. The molecule has 0 unspecified atom stereocenters. The number of hydrogen-bond donors (Lipinski definition) is 1. The Kier molecular flexibility index (Phi) is 4.68. The predicted octanol–water partition coefficient (Wildman–Crippen LogP) is 4.02. The normalized spacial score (nSPS) is 10.6. The molecule has 1 N–H and O–H groups in total. The minimum atomic E-state index is -0.348. The summed E-state index contributed by atoms with van der Waals surface area (Å²) in [4.78, 5) is 13.1. The lowest BCUT2D eigenvalue weighted by Gasteiger charge is -2.05. The van der Waals surface area contributed by atoms with E-state index in [1.54, 1.807) is 23.5 Å². The number of nitro groups is 1. The van der Waals surface area contributed by atoms with E-state index < -0.39 is 0 Å². The number of nitro benzene ring substituents is 1. The van der Waals surface area contributed by atoms with E-state index in [4.69, 9.17) is 0 Å². The average molecular weight is 341 g/mol. The molecule has 0 fully saturated rings. The molecule has 0 amide bonds. The summed E-state index contributed by atoms with van der Waals surface area (Å²) in [6, 6.07) is 9.14. The largest absolute Gasteiger partial charge is 0.308 e. The molecule has 1 aromatic carbocycles. The van der Waals surface area contributed by atoms with E-state index in [0.29, 0.717) is 12.1 Å². The molecule has 100 valence electrons. The maximum absolute atomic E-state index is 10.9. The van der Waals surface area contributed by atoms with E-state index >= 15 is 0 Å². The van der Waals surface area contributed by atoms with Crippen molar-refractivity contribution < 1.29 is 4.92 Å². The zero-order valence-corrected chi connectivity index (χ0v) is 12.8. The lowest BCUT2D eigenvalue weighted by molar-refractivity contribution is -0.385. The summed E-state index contributed by atoms with van der Waals surface area (Å²) in [7, 11) is 0. The Labute approximate surface area is 123 Å². The van der Waals surface area contributed by atoms with Crippen molar-refractivity contribution in [3.05, 3.63) is 60.2 Å². The quantitative estimate of drug-likeness (QED) is 0.660. The van der Waals surface area contributed by atoms with Crippen molar-refractivity contribution in [3.63, 3.8) is 0 Å². The predicted molar refractivity (Wildman–Crippen MR) is 80.4 cm³/mol. The smallest absolute Gasteiger partial charge is 0.273 e. The van der Waals surface area contributed by atoms with Crippen LogP contribution in [0, 0.1) is 17.0 Å². The second-order valence-electron chi connectivity index (χ2n) is 4.15. The zero-order valence-electron chi connectivity index (χ0n) is 10.4. The fourth-order valence-electron chi connectivity index (χ4n) is 1.77. The molecule has 0 radical (unpaired) electrons. The Morgan fingerprint density at radius 1 is 1.32 bits per heavy atom. The van der Waals surface area contributed by atoms with Gasteiger partial charge in [-0.15, -0.1) is 11.3 Å². The van der Waals surface area contributed by atoms with Gasteiger partial charge in [0.05, 0.1) is 4.92 Å². The molecule has 0 saturated heterocycles. The number of hydrogen-bond acceptors (Lipinski definition) is 4. The van der Waals surface area contributed by atoms with Crippen molar-refractivity contribution in [3.8, 4) is 0 Å². The summed E-state index contributed by atoms with van der Waals surface area (Å²) in [6.45, 7) is 3.27. The molecule has 0 aliphatic heterocycles. The average Bonchev–Trinajstić information content (AvgIpc) is 2.75. The van der Waals surface area contributed by atoms with Crippen molar-refractivity contribution in [1.82, 2.24) is 5.32 Å². The SMILES string of the molecule is Cc1ccc(CNCc2cc(Br)ccc2[N+](=O)[O-])s1. The maximum atomic E-state index is 10.9. The van der Waals surface area contributed by atoms with Crippen LogP contribution in [0.25, 0.3) is 0 Å². The summed E-state index contributed by atoms with van der Waals surface area (Å²) in [5.41, 5.74) is 0.839. The zero-order chi connectivity index (χ0) is 13.8. The Bertz CT molecular complexity index is 598. The van der Waals surface area contributed by atoms with Gasteiger partial charge >= 0.3 is 0 Å². The number of benzene rings is 1. The van der Waals surface area contributed by atoms with Crippen molar-refractivity contribution in [2.45, 2.75) is 20.0 Å². The van der Waals surface area contributed by atoms with Gasteiger partial charge in [-0.2, -0.15) is 0 Å². The molecule has 0 spiro atoms. The van der Waals surface area contributed by atoms with E-state index in [-0.39, 0.29) is 10.6 Å². The van der Waals surface area contributed by atoms with Gasteiger partial charge in [-0.3, -0.25) is 10.1 Å². The number of nitrogens with zero attached hydrogens (tertiary/aromatic N) is 1. The second kappa shape index (κ2) is 6.27. The Morgan fingerprint density at radius 2 is 2.11 bits per heavy atom. The summed E-state index contributed by atoms with van der Waals surface area (Å²) in [6.07, 6.45) is 0. The minimum Gasteiger partial charge on any atom is -0.308 e. The van der Waals surface area contributed by atoms with E-state index in [9.17, 15) is 10.1 Å². The number of thiophene rings is 1. The molecule has 2 aromatic rings. The Morgan fingerprint density at radius 3 is 2.74 bits per heavy atom. The maximum Gasteiger partial charge on any atom is 0.273 e. The summed E-state index contributed by atoms with van der Waals surface area (Å²) in [5, 5.41) is 14.2. The first kappa shape index (κ1) is 14.2. The third-order valence-electron chi connectivity index (χ3n) is 2.65. The summed E-state index contributed by atoms with van der Waals surface area (Å²) >= 11 is 5.07. The van der Waals surface area contributed by atoms with Crippen LogP contribution in [-0.2, 0) is 13.1 Å². The van der Waals surface area contributed by atoms with Crippen LogP contribution < -0.4 is 5.32 Å². The fourth-order valence-corrected chi connectivity index (χ4v) is 3.04. The monoisotopic (exact) mass is 340 g/mol. The lowest BCUT2D eigenvalue weighted by Crippen LogP contribution is -2.13. The van der Waals surface area contributed by atoms with Crippen LogP contribution in [0.5, 0.6) is 0 Å². The number of nitrogens with one attached hydrogen (secondary N) is 1. The topological polar surface area (TPSA) is 55.2 Å². The number of rotatable bonds is 5. The Hall–Kier alpha value is -1.24. The molecule has 6 heteroatoms. The van der Waals surface area contributed by atoms with Gasteiger partial charge in [-0.25, -0.2) is 0 Å². The first-order valence-corrected chi connectivity index (χ1v) is 7.36. The van der Waals surface area contributed by atoms with E-state index in [2.05, 4.69) is 40.3 Å². The summed E-state index contributed by atoms with van der Waals surface area (Å²) < 4.78 is 0.849. The highest BCUT2D eigenvalue weighted by atomic mass is 79.9. The standard InChI is InChI=1S/C13H13BrN2O2S/c1-9-2-4-12(19-9)8-15-7-10-6-11(14)3-5-13(10)16(17)18/h2-6,15H,7-8H2,1H3. The van der Waals surface area contributed by atoms with Gasteiger partial charge in [0.25, 0.3) is 5.69 Å². The number of halogens is 1. The van der Waals surface area contributed by atoms with Gasteiger partial charge in [-0.05, 0) is 31.2 Å².